The summed E-state index contributed by atoms with van der Waals surface area (Å²) in [7, 11) is -3.59. The van der Waals surface area contributed by atoms with E-state index >= 15 is 0 Å². The lowest BCUT2D eigenvalue weighted by Crippen LogP contribution is -2.40. The number of morpholine rings is 1. The fraction of sp³-hybridized carbons (Fsp3) is 0.286. The van der Waals surface area contributed by atoms with E-state index in [-0.39, 0.29) is 16.4 Å². The number of fused-ring (bicyclic) bond motifs is 1. The molecule has 11 heteroatoms. The SMILES string of the molecule is C[C@@H](Sc1nc2ccccc2c(=O)[nH]1)C(=O)Nc1ccc(S(=O)(=O)N2CCOCC2)cc1. The highest BCUT2D eigenvalue weighted by Gasteiger charge is 2.26. The number of benzene rings is 2. The first-order chi connectivity index (χ1) is 15.3. The maximum Gasteiger partial charge on any atom is 0.259 e. The Hall–Kier alpha value is -2.73. The monoisotopic (exact) mass is 474 g/mol. The highest BCUT2D eigenvalue weighted by atomic mass is 32.2. The van der Waals surface area contributed by atoms with Gasteiger partial charge in [0.25, 0.3) is 5.56 Å². The van der Waals surface area contributed by atoms with Crippen molar-refractivity contribution >= 4 is 44.3 Å². The lowest BCUT2D eigenvalue weighted by molar-refractivity contribution is -0.115. The number of hydrogen-bond donors (Lipinski definition) is 2. The second-order valence-electron chi connectivity index (χ2n) is 7.18. The average Bonchev–Trinajstić information content (AvgIpc) is 2.80. The van der Waals surface area contributed by atoms with Crippen LogP contribution in [0.4, 0.5) is 5.69 Å². The Morgan fingerprint density at radius 3 is 2.56 bits per heavy atom. The van der Waals surface area contributed by atoms with Crippen molar-refractivity contribution in [1.82, 2.24) is 14.3 Å². The molecule has 0 bridgehead atoms. The second kappa shape index (κ2) is 9.41. The summed E-state index contributed by atoms with van der Waals surface area (Å²) < 4.78 is 32.0. The van der Waals surface area contributed by atoms with Gasteiger partial charge in [-0.25, -0.2) is 13.4 Å². The molecule has 9 nitrogen and oxygen atoms in total. The number of aromatic amines is 1. The van der Waals surface area contributed by atoms with Gasteiger partial charge in [0.05, 0.1) is 34.3 Å². The van der Waals surface area contributed by atoms with Crippen LogP contribution in [0.15, 0.2) is 63.4 Å². The van der Waals surface area contributed by atoms with Gasteiger partial charge in [-0.2, -0.15) is 4.31 Å². The average molecular weight is 475 g/mol. The van der Waals surface area contributed by atoms with Crippen molar-refractivity contribution < 1.29 is 17.9 Å². The van der Waals surface area contributed by atoms with E-state index in [0.29, 0.717) is 48.1 Å². The van der Waals surface area contributed by atoms with E-state index in [4.69, 9.17) is 4.74 Å². The summed E-state index contributed by atoms with van der Waals surface area (Å²) in [5, 5.41) is 3.06. The molecule has 2 heterocycles. The molecular formula is C21H22N4O5S2. The Balaban J connectivity index is 1.42. The van der Waals surface area contributed by atoms with Crippen LogP contribution in [0, 0.1) is 0 Å². The van der Waals surface area contributed by atoms with Gasteiger partial charge in [-0.1, -0.05) is 23.9 Å². The van der Waals surface area contributed by atoms with Crippen molar-refractivity contribution in [3.8, 4) is 0 Å². The van der Waals surface area contributed by atoms with Crippen LogP contribution >= 0.6 is 11.8 Å². The van der Waals surface area contributed by atoms with E-state index in [9.17, 15) is 18.0 Å². The molecule has 1 fully saturated rings. The van der Waals surface area contributed by atoms with E-state index in [1.165, 1.54) is 16.4 Å². The highest BCUT2D eigenvalue weighted by molar-refractivity contribution is 8.00. The molecule has 3 aromatic rings. The van der Waals surface area contributed by atoms with Gasteiger partial charge in [0, 0.05) is 18.8 Å². The van der Waals surface area contributed by atoms with Crippen molar-refractivity contribution in [3.05, 3.63) is 58.9 Å². The molecule has 0 radical (unpaired) electrons. The molecule has 0 spiro atoms. The van der Waals surface area contributed by atoms with Crippen LogP contribution in [0.25, 0.3) is 10.9 Å². The summed E-state index contributed by atoms with van der Waals surface area (Å²) >= 11 is 1.13. The van der Waals surface area contributed by atoms with Crippen LogP contribution in [-0.2, 0) is 19.6 Å². The maximum absolute atomic E-state index is 12.7. The van der Waals surface area contributed by atoms with Crippen LogP contribution in [-0.4, -0.2) is 60.2 Å². The quantitative estimate of drug-likeness (QED) is 0.414. The number of H-pyrrole nitrogens is 1. The summed E-state index contributed by atoms with van der Waals surface area (Å²) in [4.78, 5) is 32.1. The molecule has 0 unspecified atom stereocenters. The van der Waals surface area contributed by atoms with E-state index in [2.05, 4.69) is 15.3 Å². The summed E-state index contributed by atoms with van der Waals surface area (Å²) in [5.41, 5.74) is 0.773. The largest absolute Gasteiger partial charge is 0.379 e. The number of thioether (sulfide) groups is 1. The number of ether oxygens (including phenoxy) is 1. The summed E-state index contributed by atoms with van der Waals surface area (Å²) in [6, 6.07) is 13.0. The van der Waals surface area contributed by atoms with E-state index in [1.54, 1.807) is 43.3 Å². The Kier molecular flexibility index (Phi) is 6.60. The molecule has 1 aromatic heterocycles. The first-order valence-corrected chi connectivity index (χ1v) is 12.3. The van der Waals surface area contributed by atoms with Crippen LogP contribution in [0.3, 0.4) is 0 Å². The number of amides is 1. The number of hydrogen-bond acceptors (Lipinski definition) is 7. The third-order valence-electron chi connectivity index (χ3n) is 4.98. The van der Waals surface area contributed by atoms with Crippen molar-refractivity contribution in [1.29, 1.82) is 0 Å². The Labute approximate surface area is 189 Å². The van der Waals surface area contributed by atoms with Crippen LogP contribution in [0.1, 0.15) is 6.92 Å². The molecule has 4 rings (SSSR count). The van der Waals surface area contributed by atoms with Crippen LogP contribution < -0.4 is 10.9 Å². The van der Waals surface area contributed by atoms with E-state index < -0.39 is 15.3 Å². The predicted octanol–water partition coefficient (Wildman–Crippen LogP) is 2.06. The van der Waals surface area contributed by atoms with Gasteiger partial charge in [0.15, 0.2) is 5.16 Å². The number of nitrogens with zero attached hydrogens (tertiary/aromatic N) is 2. The summed E-state index contributed by atoms with van der Waals surface area (Å²) in [6.45, 7) is 3.09. The third kappa shape index (κ3) is 4.85. The normalized spacial score (nSPS) is 16.0. The number of carbonyl (C=O) groups is 1. The Morgan fingerprint density at radius 1 is 1.16 bits per heavy atom. The molecule has 32 heavy (non-hydrogen) atoms. The zero-order chi connectivity index (χ0) is 22.7. The fourth-order valence-corrected chi connectivity index (χ4v) is 5.44. The number of aromatic nitrogens is 2. The molecule has 1 saturated heterocycles. The van der Waals surface area contributed by atoms with E-state index in [0.717, 1.165) is 11.8 Å². The van der Waals surface area contributed by atoms with Gasteiger partial charge in [0.1, 0.15) is 0 Å². The Morgan fingerprint density at radius 2 is 1.84 bits per heavy atom. The predicted molar refractivity (Wildman–Crippen MR) is 122 cm³/mol. The molecule has 1 aliphatic rings. The van der Waals surface area contributed by atoms with Crippen molar-refractivity contribution in [2.75, 3.05) is 31.6 Å². The summed E-state index contributed by atoms with van der Waals surface area (Å²) in [5.74, 6) is -0.297. The van der Waals surface area contributed by atoms with Gasteiger partial charge in [-0.15, -0.1) is 0 Å². The van der Waals surface area contributed by atoms with Crippen molar-refractivity contribution in [3.63, 3.8) is 0 Å². The molecule has 1 atom stereocenters. The van der Waals surface area contributed by atoms with Gasteiger partial charge in [-0.05, 0) is 43.3 Å². The lowest BCUT2D eigenvalue weighted by Gasteiger charge is -2.26. The molecule has 2 N–H and O–H groups in total. The lowest BCUT2D eigenvalue weighted by atomic mass is 10.2. The Bertz CT molecular complexity index is 1290. The standard InChI is InChI=1S/C21H22N4O5S2/c1-14(31-21-23-18-5-3-2-4-17(18)20(27)24-21)19(26)22-15-6-8-16(9-7-15)32(28,29)25-10-12-30-13-11-25/h2-9,14H,10-13H2,1H3,(H,22,26)(H,23,24,27)/t14-/m1/s1. The molecule has 0 aliphatic carbocycles. The molecule has 1 aliphatic heterocycles. The zero-order valence-corrected chi connectivity index (χ0v) is 18.9. The first kappa shape index (κ1) is 22.5. The molecule has 0 saturated carbocycles. The third-order valence-corrected chi connectivity index (χ3v) is 7.88. The topological polar surface area (TPSA) is 121 Å². The van der Waals surface area contributed by atoms with Gasteiger partial charge >= 0.3 is 0 Å². The van der Waals surface area contributed by atoms with Crippen molar-refractivity contribution in [2.24, 2.45) is 0 Å². The number of anilines is 1. The first-order valence-electron chi connectivity index (χ1n) is 9.99. The minimum absolute atomic E-state index is 0.165. The minimum atomic E-state index is -3.59. The zero-order valence-electron chi connectivity index (χ0n) is 17.3. The number of carbonyl (C=O) groups excluding carboxylic acids is 1. The van der Waals surface area contributed by atoms with Gasteiger partial charge < -0.3 is 15.0 Å². The number of para-hydroxylation sites is 1. The van der Waals surface area contributed by atoms with Gasteiger partial charge in [-0.3, -0.25) is 9.59 Å². The van der Waals surface area contributed by atoms with Gasteiger partial charge in [0.2, 0.25) is 15.9 Å². The second-order valence-corrected chi connectivity index (χ2v) is 10.4. The molecule has 1 amide bonds. The molecule has 2 aromatic carbocycles. The smallest absolute Gasteiger partial charge is 0.259 e. The fourth-order valence-electron chi connectivity index (χ4n) is 3.23. The number of sulfonamides is 1. The summed E-state index contributed by atoms with van der Waals surface area (Å²) in [6.07, 6.45) is 0. The number of rotatable bonds is 6. The maximum atomic E-state index is 12.7. The molecular weight excluding hydrogens is 452 g/mol. The van der Waals surface area contributed by atoms with Crippen LogP contribution in [0.2, 0.25) is 0 Å². The minimum Gasteiger partial charge on any atom is -0.379 e. The van der Waals surface area contributed by atoms with E-state index in [1.807, 2.05) is 0 Å². The molecule has 168 valence electrons. The number of nitrogens with one attached hydrogen (secondary N) is 2. The van der Waals surface area contributed by atoms with Crippen molar-refractivity contribution in [2.45, 2.75) is 22.2 Å². The highest BCUT2D eigenvalue weighted by Crippen LogP contribution is 2.23. The van der Waals surface area contributed by atoms with Crippen LogP contribution in [0.5, 0.6) is 0 Å².